The van der Waals surface area contributed by atoms with Gasteiger partial charge in [-0.25, -0.2) is 9.78 Å². The molecule has 2 fully saturated rings. The van der Waals surface area contributed by atoms with E-state index in [0.29, 0.717) is 28.6 Å². The molecule has 5 heterocycles. The zero-order valence-corrected chi connectivity index (χ0v) is 28.1. The Kier molecular flexibility index (Phi) is 11.2. The van der Waals surface area contributed by atoms with Crippen LogP contribution in [0.15, 0.2) is 31.0 Å². The average Bonchev–Trinajstić information content (AvgIpc) is 3.63. The van der Waals surface area contributed by atoms with Gasteiger partial charge < -0.3 is 19.4 Å². The standard InChI is InChI=1S/C14H23BN2O4.C10H17N3.C6H7ClN2/c1-12(2,3)19-11(18)17-9-10(8-16-17)15-20-13(4,5)14(6,7)21-15;1-7-3-4-8(2)13-10(7)9-5-11-12-6-9;1-4-3-8-5(2)6(7)9-4/h8-9H,1-7H3;5-8,10,13H,3-4H2,1-2H3,(H,11,12);3H,1-2H3. The van der Waals surface area contributed by atoms with Gasteiger partial charge in [0, 0.05) is 47.9 Å². The maximum absolute atomic E-state index is 11.9. The second kappa shape index (κ2) is 13.9. The van der Waals surface area contributed by atoms with E-state index in [1.54, 1.807) is 18.6 Å². The summed E-state index contributed by atoms with van der Waals surface area (Å²) in [5.74, 6) is 0.716. The van der Waals surface area contributed by atoms with Crippen LogP contribution in [0.2, 0.25) is 5.15 Å². The monoisotopic (exact) mass is 615 g/mol. The SMILES string of the molecule is CC(C)(C)OC(=O)n1cc(B2OC(C)(C)C(C)(C)O2)cn1.CC1CCC(C)C(c2cn[nH]c2)N1.Cc1cnc(C)c(Cl)n1. The number of halogens is 1. The number of aryl methyl sites for hydroxylation is 2. The number of nitrogens with zero attached hydrogens (tertiary/aromatic N) is 5. The summed E-state index contributed by atoms with van der Waals surface area (Å²) in [5, 5.41) is 15.0. The highest BCUT2D eigenvalue weighted by atomic mass is 35.5. The average molecular weight is 616 g/mol. The Bertz CT molecular complexity index is 1320. The number of hydrogen-bond acceptors (Lipinski definition) is 9. The molecule has 5 rings (SSSR count). The Hall–Kier alpha value is -2.80. The van der Waals surface area contributed by atoms with Crippen LogP contribution in [-0.4, -0.2) is 66.0 Å². The van der Waals surface area contributed by atoms with Gasteiger partial charge in [-0.1, -0.05) is 18.5 Å². The van der Waals surface area contributed by atoms with Gasteiger partial charge in [0.2, 0.25) is 0 Å². The number of nitrogens with one attached hydrogen (secondary N) is 2. The van der Waals surface area contributed by atoms with Crippen LogP contribution < -0.4 is 10.8 Å². The third kappa shape index (κ3) is 9.60. The normalized spacial score (nSPS) is 22.6. The maximum atomic E-state index is 11.9. The number of rotatable bonds is 2. The lowest BCUT2D eigenvalue weighted by atomic mass is 9.82. The van der Waals surface area contributed by atoms with Crippen LogP contribution in [0.4, 0.5) is 4.79 Å². The Balaban J connectivity index is 0.000000195. The van der Waals surface area contributed by atoms with Crippen LogP contribution in [0.25, 0.3) is 0 Å². The lowest BCUT2D eigenvalue weighted by Crippen LogP contribution is -2.41. The van der Waals surface area contributed by atoms with Gasteiger partial charge in [-0.05, 0) is 88.0 Å². The first-order chi connectivity index (χ1) is 19.9. The van der Waals surface area contributed by atoms with Crippen molar-refractivity contribution in [2.24, 2.45) is 5.92 Å². The molecule has 0 bridgehead atoms. The van der Waals surface area contributed by atoms with Gasteiger partial charge >= 0.3 is 13.2 Å². The molecule has 0 saturated carbocycles. The van der Waals surface area contributed by atoms with E-state index in [1.807, 2.05) is 74.7 Å². The van der Waals surface area contributed by atoms with Crippen LogP contribution in [0.5, 0.6) is 0 Å². The van der Waals surface area contributed by atoms with Gasteiger partial charge in [0.05, 0.1) is 28.8 Å². The fourth-order valence-electron chi connectivity index (χ4n) is 4.44. The summed E-state index contributed by atoms with van der Waals surface area (Å²) in [6.45, 7) is 21.6. The minimum atomic E-state index is -0.562. The van der Waals surface area contributed by atoms with Crippen molar-refractivity contribution in [1.82, 2.24) is 35.3 Å². The molecule has 13 heteroatoms. The summed E-state index contributed by atoms with van der Waals surface area (Å²) in [7, 11) is -0.536. The molecule has 0 amide bonds. The van der Waals surface area contributed by atoms with E-state index in [-0.39, 0.29) is 0 Å². The van der Waals surface area contributed by atoms with E-state index in [1.165, 1.54) is 18.4 Å². The molecule has 3 aromatic rings. The molecule has 2 aliphatic rings. The first kappa shape index (κ1) is 34.7. The van der Waals surface area contributed by atoms with Crippen molar-refractivity contribution in [3.8, 4) is 0 Å². The Morgan fingerprint density at radius 1 is 1.09 bits per heavy atom. The molecule has 2 saturated heterocycles. The molecule has 0 aliphatic carbocycles. The number of hydrogen-bond donors (Lipinski definition) is 2. The van der Waals surface area contributed by atoms with Crippen LogP contribution in [0.1, 0.15) is 98.1 Å². The number of aromatic amines is 1. The van der Waals surface area contributed by atoms with Crippen LogP contribution in [0.3, 0.4) is 0 Å². The number of carbonyl (C=O) groups excluding carboxylic acids is 1. The van der Waals surface area contributed by atoms with Crippen molar-refractivity contribution < 1.29 is 18.8 Å². The van der Waals surface area contributed by atoms with Gasteiger partial charge in [0.15, 0.2) is 5.15 Å². The number of piperidine rings is 1. The van der Waals surface area contributed by atoms with Gasteiger partial charge in [0.1, 0.15) is 5.60 Å². The highest BCUT2D eigenvalue weighted by Gasteiger charge is 2.52. The largest absolute Gasteiger partial charge is 0.498 e. The van der Waals surface area contributed by atoms with E-state index in [4.69, 9.17) is 25.6 Å². The lowest BCUT2D eigenvalue weighted by Gasteiger charge is -2.33. The van der Waals surface area contributed by atoms with E-state index < -0.39 is 30.0 Å². The molecule has 0 aromatic carbocycles. The highest BCUT2D eigenvalue weighted by Crippen LogP contribution is 2.36. The van der Waals surface area contributed by atoms with Gasteiger partial charge in [-0.15, -0.1) is 0 Å². The molecule has 11 nitrogen and oxygen atoms in total. The predicted molar refractivity (Wildman–Crippen MR) is 168 cm³/mol. The molecule has 0 spiro atoms. The van der Waals surface area contributed by atoms with Crippen LogP contribution >= 0.6 is 11.6 Å². The zero-order valence-electron chi connectivity index (χ0n) is 27.4. The molecule has 3 aromatic heterocycles. The van der Waals surface area contributed by atoms with Crippen molar-refractivity contribution in [2.75, 3.05) is 0 Å². The fourth-order valence-corrected chi connectivity index (χ4v) is 4.63. The highest BCUT2D eigenvalue weighted by molar-refractivity contribution is 6.62. The first-order valence-electron chi connectivity index (χ1n) is 14.7. The third-order valence-electron chi connectivity index (χ3n) is 7.69. The van der Waals surface area contributed by atoms with Crippen molar-refractivity contribution in [3.63, 3.8) is 0 Å². The van der Waals surface area contributed by atoms with E-state index in [0.717, 1.165) is 16.1 Å². The summed E-state index contributed by atoms with van der Waals surface area (Å²) < 4.78 is 18.3. The predicted octanol–water partition coefficient (Wildman–Crippen LogP) is 5.57. The van der Waals surface area contributed by atoms with Crippen molar-refractivity contribution in [3.05, 3.63) is 53.1 Å². The Morgan fingerprint density at radius 2 is 1.74 bits per heavy atom. The molecule has 3 unspecified atom stereocenters. The van der Waals surface area contributed by atoms with Gasteiger partial charge in [0.25, 0.3) is 0 Å². The van der Waals surface area contributed by atoms with E-state index in [2.05, 4.69) is 44.4 Å². The maximum Gasteiger partial charge on any atom is 0.498 e. The third-order valence-corrected chi connectivity index (χ3v) is 8.05. The lowest BCUT2D eigenvalue weighted by molar-refractivity contribution is 0.00578. The fraction of sp³-hybridized carbons (Fsp3) is 0.633. The smallest absolute Gasteiger partial charge is 0.442 e. The molecule has 236 valence electrons. The summed E-state index contributed by atoms with van der Waals surface area (Å²) in [4.78, 5) is 19.9. The summed E-state index contributed by atoms with van der Waals surface area (Å²) in [6, 6.07) is 1.12. The zero-order chi connectivity index (χ0) is 32.2. The van der Waals surface area contributed by atoms with Gasteiger partial charge in [-0.2, -0.15) is 14.9 Å². The minimum absolute atomic E-state index is 0.425. The second-order valence-electron chi connectivity index (χ2n) is 13.3. The van der Waals surface area contributed by atoms with Crippen molar-refractivity contribution >= 4 is 30.3 Å². The first-order valence-corrected chi connectivity index (χ1v) is 15.1. The quantitative estimate of drug-likeness (QED) is 0.355. The molecule has 2 aliphatic heterocycles. The molecule has 0 radical (unpaired) electrons. The van der Waals surface area contributed by atoms with Crippen molar-refractivity contribution in [2.45, 2.75) is 118 Å². The van der Waals surface area contributed by atoms with Crippen molar-refractivity contribution in [1.29, 1.82) is 0 Å². The molecule has 2 N–H and O–H groups in total. The van der Waals surface area contributed by atoms with Crippen LogP contribution in [-0.2, 0) is 14.0 Å². The topological polar surface area (TPSA) is 129 Å². The number of H-pyrrole nitrogens is 1. The number of carbonyl (C=O) groups is 1. The molecule has 43 heavy (non-hydrogen) atoms. The van der Waals surface area contributed by atoms with E-state index >= 15 is 0 Å². The molecular weight excluding hydrogens is 569 g/mol. The van der Waals surface area contributed by atoms with E-state index in [9.17, 15) is 4.79 Å². The van der Waals surface area contributed by atoms with Crippen LogP contribution in [0, 0.1) is 19.8 Å². The second-order valence-corrected chi connectivity index (χ2v) is 13.7. The number of aromatic nitrogens is 6. The summed E-state index contributed by atoms with van der Waals surface area (Å²) >= 11 is 5.64. The van der Waals surface area contributed by atoms with Gasteiger partial charge in [-0.3, -0.25) is 10.1 Å². The minimum Gasteiger partial charge on any atom is -0.442 e. The molecular formula is C30H47BClN7O4. The Morgan fingerprint density at radius 3 is 2.28 bits per heavy atom. The summed E-state index contributed by atoms with van der Waals surface area (Å²) in [5.41, 5.74) is 2.21. The molecule has 3 atom stereocenters. The Labute approximate surface area is 261 Å². The number of ether oxygens (including phenoxy) is 1. The summed E-state index contributed by atoms with van der Waals surface area (Å²) in [6.07, 6.45) is 10.8.